The molecule has 0 aliphatic rings. The van der Waals surface area contributed by atoms with Gasteiger partial charge in [-0.2, -0.15) is 0 Å². The molecule has 0 aliphatic heterocycles. The molecular formula is C16H24N2S. The Morgan fingerprint density at radius 3 is 2.79 bits per heavy atom. The van der Waals surface area contributed by atoms with Crippen molar-refractivity contribution in [3.05, 3.63) is 34.7 Å². The molecular weight excluding hydrogens is 252 g/mol. The van der Waals surface area contributed by atoms with Crippen LogP contribution in [0.5, 0.6) is 0 Å². The number of unbranched alkanes of at least 4 members (excludes halogenated alkanes) is 1. The van der Waals surface area contributed by atoms with Crippen LogP contribution in [0.1, 0.15) is 30.2 Å². The summed E-state index contributed by atoms with van der Waals surface area (Å²) in [5.41, 5.74) is 1.51. The van der Waals surface area contributed by atoms with E-state index in [1.165, 1.54) is 39.9 Å². The predicted molar refractivity (Wildman–Crippen MR) is 85.8 cm³/mol. The van der Waals surface area contributed by atoms with Gasteiger partial charge < -0.3 is 10.2 Å². The van der Waals surface area contributed by atoms with Crippen molar-refractivity contribution < 1.29 is 0 Å². The quantitative estimate of drug-likeness (QED) is 0.826. The minimum Gasteiger partial charge on any atom is -0.315 e. The van der Waals surface area contributed by atoms with Gasteiger partial charge in [0.2, 0.25) is 0 Å². The summed E-state index contributed by atoms with van der Waals surface area (Å²) in [6, 6.07) is 8.77. The van der Waals surface area contributed by atoms with Crippen molar-refractivity contribution in [1.82, 2.24) is 10.2 Å². The molecule has 0 fully saturated rings. The summed E-state index contributed by atoms with van der Waals surface area (Å²) in [7, 11) is 4.25. The number of rotatable bonds is 7. The number of nitrogens with zero attached hydrogens (tertiary/aromatic N) is 1. The van der Waals surface area contributed by atoms with Crippen LogP contribution >= 0.6 is 11.3 Å². The van der Waals surface area contributed by atoms with Gasteiger partial charge in [0.05, 0.1) is 0 Å². The van der Waals surface area contributed by atoms with Gasteiger partial charge in [0.1, 0.15) is 0 Å². The molecule has 0 unspecified atom stereocenters. The Hall–Kier alpha value is -0.900. The summed E-state index contributed by atoms with van der Waals surface area (Å²) in [5.74, 6) is 0. The molecule has 2 aromatic rings. The highest BCUT2D eigenvalue weighted by atomic mass is 32.1. The molecule has 19 heavy (non-hydrogen) atoms. The summed E-state index contributed by atoms with van der Waals surface area (Å²) in [5, 5.41) is 4.73. The lowest BCUT2D eigenvalue weighted by atomic mass is 10.1. The van der Waals surface area contributed by atoms with Crippen LogP contribution in [0.2, 0.25) is 0 Å². The van der Waals surface area contributed by atoms with E-state index in [2.05, 4.69) is 48.5 Å². The summed E-state index contributed by atoms with van der Waals surface area (Å²) >= 11 is 1.93. The molecule has 0 bridgehead atoms. The van der Waals surface area contributed by atoms with E-state index in [-0.39, 0.29) is 0 Å². The molecule has 0 saturated carbocycles. The Labute approximate surface area is 120 Å². The molecule has 1 heterocycles. The molecule has 1 aromatic carbocycles. The van der Waals surface area contributed by atoms with Gasteiger partial charge in [-0.25, -0.2) is 0 Å². The zero-order chi connectivity index (χ0) is 13.7. The van der Waals surface area contributed by atoms with E-state index in [0.29, 0.717) is 0 Å². The Bertz CT molecular complexity index is 518. The first-order valence-corrected chi connectivity index (χ1v) is 7.90. The highest BCUT2D eigenvalue weighted by Gasteiger charge is 2.12. The van der Waals surface area contributed by atoms with Crippen LogP contribution in [-0.4, -0.2) is 25.5 Å². The molecule has 0 amide bonds. The second-order valence-electron chi connectivity index (χ2n) is 5.12. The molecule has 2 nitrogen and oxygen atoms in total. The van der Waals surface area contributed by atoms with Gasteiger partial charge in [-0.15, -0.1) is 11.3 Å². The van der Waals surface area contributed by atoms with Crippen molar-refractivity contribution in [1.29, 1.82) is 0 Å². The SMILES string of the molecule is CCCCN(C)Cc1c(CNC)sc2ccccc12. The number of hydrogen-bond acceptors (Lipinski definition) is 3. The van der Waals surface area contributed by atoms with Crippen molar-refractivity contribution in [2.75, 3.05) is 20.6 Å². The first-order chi connectivity index (χ1) is 9.26. The van der Waals surface area contributed by atoms with Gasteiger partial charge in [0.15, 0.2) is 0 Å². The van der Waals surface area contributed by atoms with Crippen molar-refractivity contribution in [3.63, 3.8) is 0 Å². The molecule has 0 saturated heterocycles. The number of fused-ring (bicyclic) bond motifs is 1. The van der Waals surface area contributed by atoms with E-state index in [1.807, 2.05) is 18.4 Å². The van der Waals surface area contributed by atoms with Crippen LogP contribution in [0.15, 0.2) is 24.3 Å². The summed E-state index contributed by atoms with van der Waals surface area (Å²) in [4.78, 5) is 3.92. The lowest BCUT2D eigenvalue weighted by Crippen LogP contribution is -2.20. The second kappa shape index (κ2) is 7.04. The van der Waals surface area contributed by atoms with E-state index in [0.717, 1.165) is 13.1 Å². The molecule has 104 valence electrons. The minimum atomic E-state index is 0.969. The molecule has 3 heteroatoms. The van der Waals surface area contributed by atoms with Crippen LogP contribution in [-0.2, 0) is 13.1 Å². The molecule has 2 rings (SSSR count). The highest BCUT2D eigenvalue weighted by molar-refractivity contribution is 7.19. The fourth-order valence-electron chi connectivity index (χ4n) is 2.40. The zero-order valence-electron chi connectivity index (χ0n) is 12.2. The smallest absolute Gasteiger partial charge is 0.0349 e. The third-order valence-electron chi connectivity index (χ3n) is 3.44. The normalized spacial score (nSPS) is 11.6. The van der Waals surface area contributed by atoms with E-state index >= 15 is 0 Å². The molecule has 1 aromatic heterocycles. The van der Waals surface area contributed by atoms with Crippen molar-refractivity contribution >= 4 is 21.4 Å². The van der Waals surface area contributed by atoms with Gasteiger partial charge >= 0.3 is 0 Å². The fraction of sp³-hybridized carbons (Fsp3) is 0.500. The van der Waals surface area contributed by atoms with Crippen molar-refractivity contribution in [2.24, 2.45) is 0 Å². The fourth-order valence-corrected chi connectivity index (χ4v) is 3.63. The van der Waals surface area contributed by atoms with Crippen LogP contribution in [0.4, 0.5) is 0 Å². The van der Waals surface area contributed by atoms with Gasteiger partial charge in [-0.1, -0.05) is 31.5 Å². The maximum atomic E-state index is 3.29. The van der Waals surface area contributed by atoms with Crippen LogP contribution in [0.3, 0.4) is 0 Å². The summed E-state index contributed by atoms with van der Waals surface area (Å²) in [6.07, 6.45) is 2.54. The first-order valence-electron chi connectivity index (χ1n) is 7.08. The predicted octanol–water partition coefficient (Wildman–Crippen LogP) is 3.85. The Kier molecular flexibility index (Phi) is 5.37. The van der Waals surface area contributed by atoms with Crippen LogP contribution in [0, 0.1) is 0 Å². The molecule has 0 radical (unpaired) electrons. The van der Waals surface area contributed by atoms with Gasteiger partial charge in [0.25, 0.3) is 0 Å². The number of hydrogen-bond donors (Lipinski definition) is 1. The maximum Gasteiger partial charge on any atom is 0.0349 e. The molecule has 0 atom stereocenters. The van der Waals surface area contributed by atoms with Gasteiger partial charge in [0, 0.05) is 22.7 Å². The van der Waals surface area contributed by atoms with Crippen LogP contribution < -0.4 is 5.32 Å². The highest BCUT2D eigenvalue weighted by Crippen LogP contribution is 2.32. The zero-order valence-corrected chi connectivity index (χ0v) is 13.0. The average Bonchev–Trinajstić information content (AvgIpc) is 2.75. The third-order valence-corrected chi connectivity index (χ3v) is 4.65. The van der Waals surface area contributed by atoms with Gasteiger partial charge in [-0.05, 0) is 44.1 Å². The van der Waals surface area contributed by atoms with Crippen LogP contribution in [0.25, 0.3) is 10.1 Å². The Morgan fingerprint density at radius 1 is 1.26 bits per heavy atom. The van der Waals surface area contributed by atoms with E-state index in [1.54, 1.807) is 0 Å². The Morgan fingerprint density at radius 2 is 2.05 bits per heavy atom. The van der Waals surface area contributed by atoms with Crippen molar-refractivity contribution in [3.8, 4) is 0 Å². The van der Waals surface area contributed by atoms with E-state index in [9.17, 15) is 0 Å². The van der Waals surface area contributed by atoms with Crippen molar-refractivity contribution in [2.45, 2.75) is 32.9 Å². The Balaban J connectivity index is 2.25. The van der Waals surface area contributed by atoms with E-state index in [4.69, 9.17) is 0 Å². The molecule has 1 N–H and O–H groups in total. The topological polar surface area (TPSA) is 15.3 Å². The summed E-state index contributed by atoms with van der Waals surface area (Å²) < 4.78 is 1.41. The standard InChI is InChI=1S/C16H24N2S/c1-4-5-10-18(3)12-14-13-8-6-7-9-15(13)19-16(14)11-17-2/h6-9,17H,4-5,10-12H2,1-3H3. The maximum absolute atomic E-state index is 3.29. The van der Waals surface area contributed by atoms with E-state index < -0.39 is 0 Å². The number of nitrogens with one attached hydrogen (secondary N) is 1. The lowest BCUT2D eigenvalue weighted by molar-refractivity contribution is 0.321. The molecule has 0 spiro atoms. The minimum absolute atomic E-state index is 0.969. The average molecular weight is 276 g/mol. The second-order valence-corrected chi connectivity index (χ2v) is 6.26. The number of thiophene rings is 1. The number of benzene rings is 1. The largest absolute Gasteiger partial charge is 0.315 e. The van der Waals surface area contributed by atoms with Gasteiger partial charge in [-0.3, -0.25) is 0 Å². The monoisotopic (exact) mass is 276 g/mol. The lowest BCUT2D eigenvalue weighted by Gasteiger charge is -2.17. The molecule has 0 aliphatic carbocycles. The third kappa shape index (κ3) is 3.56. The first kappa shape index (κ1) is 14.5. The summed E-state index contributed by atoms with van der Waals surface area (Å²) in [6.45, 7) is 5.46.